The fraction of sp³-hybridized carbons (Fsp3) is 0.0870. The monoisotopic (exact) mass is 478 g/mol. The number of nitrogens with one attached hydrogen (secondary N) is 1. The number of hydrogen-bond donors (Lipinski definition) is 1. The Labute approximate surface area is 184 Å². The van der Waals surface area contributed by atoms with Crippen LogP contribution in [0.4, 0.5) is 5.13 Å². The van der Waals surface area contributed by atoms with E-state index in [4.69, 9.17) is 4.74 Å². The van der Waals surface area contributed by atoms with Crippen molar-refractivity contribution in [1.82, 2.24) is 4.98 Å². The predicted molar refractivity (Wildman–Crippen MR) is 120 cm³/mol. The van der Waals surface area contributed by atoms with E-state index in [2.05, 4.69) is 26.2 Å². The second-order valence-electron chi connectivity index (χ2n) is 6.97. The minimum absolute atomic E-state index is 0.258. The van der Waals surface area contributed by atoms with Gasteiger partial charge in [-0.25, -0.2) is 9.78 Å². The molecule has 0 radical (unpaired) electrons. The number of benzene rings is 3. The number of rotatable bonds is 3. The molecule has 0 fully saturated rings. The SMILES string of the molecule is O=C(Nc1nc2ccc(Br)cc2s1)c1ccc2c(c1)C[C@H](c1ccccc1)OC2=O. The number of esters is 1. The summed E-state index contributed by atoms with van der Waals surface area (Å²) < 4.78 is 7.54. The minimum Gasteiger partial charge on any atom is -0.454 e. The van der Waals surface area contributed by atoms with Crippen LogP contribution in [0, 0.1) is 0 Å². The molecule has 1 aromatic heterocycles. The van der Waals surface area contributed by atoms with Crippen molar-refractivity contribution >= 4 is 54.5 Å². The largest absolute Gasteiger partial charge is 0.454 e. The van der Waals surface area contributed by atoms with E-state index in [1.807, 2.05) is 48.5 Å². The number of carbonyl (C=O) groups excluding carboxylic acids is 2. The average Bonchev–Trinajstić information content (AvgIpc) is 3.15. The quantitative estimate of drug-likeness (QED) is 0.379. The van der Waals surface area contributed by atoms with Crippen LogP contribution in [0.5, 0.6) is 0 Å². The molecular formula is C23H15BrN2O3S. The Morgan fingerprint density at radius 1 is 1.10 bits per heavy atom. The van der Waals surface area contributed by atoms with Crippen LogP contribution in [0.15, 0.2) is 71.2 Å². The molecule has 5 nitrogen and oxygen atoms in total. The number of thiazole rings is 1. The number of ether oxygens (including phenoxy) is 1. The van der Waals surface area contributed by atoms with E-state index >= 15 is 0 Å². The molecule has 7 heteroatoms. The molecule has 0 saturated carbocycles. The Morgan fingerprint density at radius 2 is 1.93 bits per heavy atom. The number of cyclic esters (lactones) is 1. The van der Waals surface area contributed by atoms with Gasteiger partial charge in [-0.2, -0.15) is 0 Å². The van der Waals surface area contributed by atoms with Gasteiger partial charge in [0.05, 0.1) is 15.8 Å². The fourth-order valence-corrected chi connectivity index (χ4v) is 4.92. The average molecular weight is 479 g/mol. The van der Waals surface area contributed by atoms with E-state index in [9.17, 15) is 9.59 Å². The number of amides is 1. The van der Waals surface area contributed by atoms with E-state index < -0.39 is 0 Å². The van der Waals surface area contributed by atoms with Gasteiger partial charge in [-0.05, 0) is 47.5 Å². The summed E-state index contributed by atoms with van der Waals surface area (Å²) in [6, 6.07) is 20.5. The van der Waals surface area contributed by atoms with Gasteiger partial charge < -0.3 is 4.74 Å². The van der Waals surface area contributed by atoms with Gasteiger partial charge in [-0.3, -0.25) is 10.1 Å². The number of halogens is 1. The van der Waals surface area contributed by atoms with Gasteiger partial charge in [0.1, 0.15) is 6.10 Å². The van der Waals surface area contributed by atoms with Gasteiger partial charge in [0.2, 0.25) is 0 Å². The van der Waals surface area contributed by atoms with Crippen LogP contribution in [0.25, 0.3) is 10.2 Å². The summed E-state index contributed by atoms with van der Waals surface area (Å²) in [7, 11) is 0. The first-order valence-electron chi connectivity index (χ1n) is 9.33. The molecule has 0 spiro atoms. The molecule has 1 atom stereocenters. The Hall–Kier alpha value is -3.03. The summed E-state index contributed by atoms with van der Waals surface area (Å²) >= 11 is 4.86. The maximum Gasteiger partial charge on any atom is 0.339 e. The van der Waals surface area contributed by atoms with E-state index in [0.29, 0.717) is 22.7 Å². The van der Waals surface area contributed by atoms with Gasteiger partial charge in [-0.1, -0.05) is 57.6 Å². The van der Waals surface area contributed by atoms with Crippen molar-refractivity contribution in [3.63, 3.8) is 0 Å². The second kappa shape index (κ2) is 7.66. The molecule has 0 saturated heterocycles. The lowest BCUT2D eigenvalue weighted by Gasteiger charge is -2.25. The predicted octanol–water partition coefficient (Wildman–Crippen LogP) is 5.77. The Morgan fingerprint density at radius 3 is 2.77 bits per heavy atom. The van der Waals surface area contributed by atoms with Crippen LogP contribution < -0.4 is 5.32 Å². The van der Waals surface area contributed by atoms with Crippen molar-refractivity contribution in [2.24, 2.45) is 0 Å². The molecule has 4 aromatic rings. The van der Waals surface area contributed by atoms with E-state index in [1.165, 1.54) is 11.3 Å². The maximum absolute atomic E-state index is 12.8. The molecule has 0 bridgehead atoms. The molecule has 5 rings (SSSR count). The lowest BCUT2D eigenvalue weighted by Crippen LogP contribution is -2.23. The fourth-order valence-electron chi connectivity index (χ4n) is 3.51. The lowest BCUT2D eigenvalue weighted by molar-refractivity contribution is 0.0252. The van der Waals surface area contributed by atoms with Crippen molar-refractivity contribution < 1.29 is 14.3 Å². The maximum atomic E-state index is 12.8. The van der Waals surface area contributed by atoms with Crippen molar-refractivity contribution in [2.45, 2.75) is 12.5 Å². The van der Waals surface area contributed by atoms with Crippen LogP contribution in [0.2, 0.25) is 0 Å². The smallest absolute Gasteiger partial charge is 0.339 e. The van der Waals surface area contributed by atoms with Crippen LogP contribution >= 0.6 is 27.3 Å². The molecule has 30 heavy (non-hydrogen) atoms. The number of fused-ring (bicyclic) bond motifs is 2. The molecule has 1 aliphatic heterocycles. The van der Waals surface area contributed by atoms with Crippen LogP contribution in [-0.2, 0) is 11.2 Å². The third kappa shape index (κ3) is 3.62. The van der Waals surface area contributed by atoms with Crippen LogP contribution in [0.3, 0.4) is 0 Å². The van der Waals surface area contributed by atoms with Crippen molar-refractivity contribution in [3.8, 4) is 0 Å². The van der Waals surface area contributed by atoms with Crippen molar-refractivity contribution in [3.05, 3.63) is 93.5 Å². The molecule has 0 unspecified atom stereocenters. The zero-order chi connectivity index (χ0) is 20.7. The Balaban J connectivity index is 1.40. The van der Waals surface area contributed by atoms with Crippen LogP contribution in [0.1, 0.15) is 37.9 Å². The Bertz CT molecular complexity index is 1290. The van der Waals surface area contributed by atoms with Gasteiger partial charge >= 0.3 is 5.97 Å². The highest BCUT2D eigenvalue weighted by molar-refractivity contribution is 9.10. The second-order valence-corrected chi connectivity index (χ2v) is 8.91. The van der Waals surface area contributed by atoms with Gasteiger partial charge in [0, 0.05) is 16.5 Å². The first-order chi connectivity index (χ1) is 14.6. The summed E-state index contributed by atoms with van der Waals surface area (Å²) in [5.74, 6) is -0.625. The molecule has 3 aromatic carbocycles. The van der Waals surface area contributed by atoms with E-state index in [-0.39, 0.29) is 18.0 Å². The highest BCUT2D eigenvalue weighted by atomic mass is 79.9. The number of anilines is 1. The van der Waals surface area contributed by atoms with E-state index in [0.717, 1.165) is 25.8 Å². The highest BCUT2D eigenvalue weighted by Crippen LogP contribution is 2.32. The summed E-state index contributed by atoms with van der Waals surface area (Å²) in [6.07, 6.45) is 0.175. The number of hydrogen-bond acceptors (Lipinski definition) is 5. The van der Waals surface area contributed by atoms with Gasteiger partial charge in [0.15, 0.2) is 5.13 Å². The van der Waals surface area contributed by atoms with Crippen molar-refractivity contribution in [1.29, 1.82) is 0 Å². The molecule has 1 N–H and O–H groups in total. The van der Waals surface area contributed by atoms with E-state index in [1.54, 1.807) is 18.2 Å². The first kappa shape index (κ1) is 19.0. The molecular weight excluding hydrogens is 464 g/mol. The molecule has 2 heterocycles. The third-order valence-corrected chi connectivity index (χ3v) is 6.41. The molecule has 1 aliphatic rings. The zero-order valence-electron chi connectivity index (χ0n) is 15.6. The van der Waals surface area contributed by atoms with Crippen molar-refractivity contribution in [2.75, 3.05) is 5.32 Å². The van der Waals surface area contributed by atoms with Crippen LogP contribution in [-0.4, -0.2) is 16.9 Å². The summed E-state index contributed by atoms with van der Waals surface area (Å²) in [5, 5.41) is 3.40. The number of nitrogens with zero attached hydrogens (tertiary/aromatic N) is 1. The molecule has 1 amide bonds. The number of aromatic nitrogens is 1. The van der Waals surface area contributed by atoms with Gasteiger partial charge in [-0.15, -0.1) is 0 Å². The highest BCUT2D eigenvalue weighted by Gasteiger charge is 2.28. The third-order valence-electron chi connectivity index (χ3n) is 4.98. The lowest BCUT2D eigenvalue weighted by atomic mass is 9.93. The number of carbonyl (C=O) groups is 2. The summed E-state index contributed by atoms with van der Waals surface area (Å²) in [5.41, 5.74) is 3.56. The Kier molecular flexibility index (Phi) is 4.84. The molecule has 148 valence electrons. The normalized spacial score (nSPS) is 15.5. The van der Waals surface area contributed by atoms with Gasteiger partial charge in [0.25, 0.3) is 5.91 Å². The topological polar surface area (TPSA) is 68.3 Å². The zero-order valence-corrected chi connectivity index (χ0v) is 18.0. The summed E-state index contributed by atoms with van der Waals surface area (Å²) in [4.78, 5) is 29.7. The molecule has 0 aliphatic carbocycles. The minimum atomic E-state index is -0.367. The first-order valence-corrected chi connectivity index (χ1v) is 10.9. The summed E-state index contributed by atoms with van der Waals surface area (Å²) in [6.45, 7) is 0. The standard InChI is InChI=1S/C23H15BrN2O3S/c24-16-7-9-18-20(12-16)30-23(25-18)26-21(27)14-6-8-17-15(10-14)11-19(29-22(17)28)13-4-2-1-3-5-13/h1-10,12,19H,11H2,(H,25,26,27)/t19-/m1/s1.